The highest BCUT2D eigenvalue weighted by Gasteiger charge is 2.51. The first-order valence-corrected chi connectivity index (χ1v) is 8.04. The number of hydrogen-bond acceptors (Lipinski definition) is 3. The summed E-state index contributed by atoms with van der Waals surface area (Å²) in [5.41, 5.74) is 0.192. The van der Waals surface area contributed by atoms with Gasteiger partial charge in [-0.05, 0) is 72.2 Å². The Balaban J connectivity index is 1.51. The number of hydrogen-bond donors (Lipinski definition) is 0. The van der Waals surface area contributed by atoms with Crippen molar-refractivity contribution in [2.75, 3.05) is 13.2 Å². The van der Waals surface area contributed by atoms with Crippen LogP contribution in [0.25, 0.3) is 0 Å². The molecule has 5 heteroatoms. The molecule has 0 aromatic heterocycles. The van der Waals surface area contributed by atoms with E-state index in [4.69, 9.17) is 4.74 Å². The number of carbonyl (C=O) groups excluding carboxylic acids is 1. The number of alkyl halides is 2. The van der Waals surface area contributed by atoms with Gasteiger partial charge in [0.05, 0.1) is 0 Å². The molecule has 1 unspecified atom stereocenters. The zero-order valence-electron chi connectivity index (χ0n) is 10.9. The van der Waals surface area contributed by atoms with Gasteiger partial charge in [0.2, 0.25) is 0 Å². The van der Waals surface area contributed by atoms with E-state index in [1.165, 1.54) is 38.5 Å². The highest BCUT2D eigenvalue weighted by atomic mass is 79.9. The number of carbonyl (C=O) groups is 1. The molecule has 108 valence electrons. The third-order valence-corrected chi connectivity index (χ3v) is 5.25. The maximum Gasteiger partial charge on any atom is 0.508 e. The van der Waals surface area contributed by atoms with Crippen LogP contribution in [0.4, 0.5) is 9.18 Å². The summed E-state index contributed by atoms with van der Waals surface area (Å²) >= 11 is 2.69. The van der Waals surface area contributed by atoms with Crippen LogP contribution in [0, 0.1) is 23.2 Å². The minimum absolute atomic E-state index is 0.192. The summed E-state index contributed by atoms with van der Waals surface area (Å²) in [7, 11) is 0. The minimum Gasteiger partial charge on any atom is -0.434 e. The molecule has 4 fully saturated rings. The lowest BCUT2D eigenvalue weighted by Crippen LogP contribution is -2.48. The molecule has 3 nitrogen and oxygen atoms in total. The first-order chi connectivity index (χ1) is 9.05. The van der Waals surface area contributed by atoms with Crippen LogP contribution in [0.15, 0.2) is 0 Å². The van der Waals surface area contributed by atoms with E-state index in [1.54, 1.807) is 0 Å². The van der Waals surface area contributed by atoms with E-state index in [0.29, 0.717) is 6.61 Å². The van der Waals surface area contributed by atoms with Gasteiger partial charge in [0, 0.05) is 5.41 Å². The van der Waals surface area contributed by atoms with Gasteiger partial charge in [0.15, 0.2) is 5.08 Å². The predicted octanol–water partition coefficient (Wildman–Crippen LogP) is 4.05. The maximum atomic E-state index is 12.5. The average molecular weight is 335 g/mol. The van der Waals surface area contributed by atoms with E-state index in [2.05, 4.69) is 20.7 Å². The standard InChI is InChI=1S/C14H20BrFO3/c15-12(16)7-18-13(17)19-8-14-4-9-1-10(5-14)3-11(2-9)6-14/h9-12H,1-8H2. The maximum absolute atomic E-state index is 12.5. The molecular weight excluding hydrogens is 315 g/mol. The summed E-state index contributed by atoms with van der Waals surface area (Å²) in [6.45, 7) is 0.161. The van der Waals surface area contributed by atoms with Gasteiger partial charge in [-0.1, -0.05) is 0 Å². The number of rotatable bonds is 4. The van der Waals surface area contributed by atoms with Crippen molar-refractivity contribution in [3.63, 3.8) is 0 Å². The second-order valence-corrected chi connectivity index (χ2v) is 7.65. The van der Waals surface area contributed by atoms with Crippen molar-refractivity contribution in [3.8, 4) is 0 Å². The quantitative estimate of drug-likeness (QED) is 0.574. The Bertz CT molecular complexity index is 323. The lowest BCUT2D eigenvalue weighted by Gasteiger charge is -2.56. The van der Waals surface area contributed by atoms with E-state index in [1.807, 2.05) is 0 Å². The van der Waals surface area contributed by atoms with Gasteiger partial charge >= 0.3 is 6.16 Å². The molecule has 0 saturated heterocycles. The fourth-order valence-corrected chi connectivity index (χ4v) is 4.98. The van der Waals surface area contributed by atoms with Gasteiger partial charge in [-0.15, -0.1) is 0 Å². The third-order valence-electron chi connectivity index (χ3n) is 4.99. The number of ether oxygens (including phenoxy) is 2. The van der Waals surface area contributed by atoms with Crippen molar-refractivity contribution < 1.29 is 18.7 Å². The Morgan fingerprint density at radius 2 is 1.68 bits per heavy atom. The summed E-state index contributed by atoms with van der Waals surface area (Å²) in [5, 5.41) is -1.32. The van der Waals surface area contributed by atoms with Crippen LogP contribution in [0.5, 0.6) is 0 Å². The van der Waals surface area contributed by atoms with Crippen LogP contribution < -0.4 is 0 Å². The molecule has 0 N–H and O–H groups in total. The van der Waals surface area contributed by atoms with E-state index in [9.17, 15) is 9.18 Å². The Labute approximate surface area is 121 Å². The Kier molecular flexibility index (Phi) is 3.76. The summed E-state index contributed by atoms with van der Waals surface area (Å²) in [4.78, 5) is 11.4. The molecule has 0 radical (unpaired) electrons. The highest BCUT2D eigenvalue weighted by molar-refractivity contribution is 9.09. The molecule has 4 aliphatic carbocycles. The van der Waals surface area contributed by atoms with Crippen molar-refractivity contribution in [1.29, 1.82) is 0 Å². The molecule has 0 heterocycles. The van der Waals surface area contributed by atoms with Crippen LogP contribution in [0.2, 0.25) is 0 Å². The predicted molar refractivity (Wildman–Crippen MR) is 71.7 cm³/mol. The molecule has 4 rings (SSSR count). The molecule has 0 aromatic carbocycles. The first kappa shape index (κ1) is 13.7. The Morgan fingerprint density at radius 1 is 1.16 bits per heavy atom. The molecule has 4 saturated carbocycles. The summed E-state index contributed by atoms with van der Waals surface area (Å²) < 4.78 is 22.4. The summed E-state index contributed by atoms with van der Waals surface area (Å²) in [6, 6.07) is 0. The lowest BCUT2D eigenvalue weighted by atomic mass is 9.50. The Hall–Kier alpha value is -0.320. The van der Waals surface area contributed by atoms with Crippen LogP contribution in [-0.2, 0) is 9.47 Å². The molecule has 0 amide bonds. The SMILES string of the molecule is O=C(OCC(F)Br)OCC12CC3CC(CC(C3)C1)C2. The van der Waals surface area contributed by atoms with Crippen LogP contribution in [0.1, 0.15) is 38.5 Å². The van der Waals surface area contributed by atoms with Crippen molar-refractivity contribution >= 4 is 22.1 Å². The highest BCUT2D eigenvalue weighted by Crippen LogP contribution is 2.60. The van der Waals surface area contributed by atoms with Crippen molar-refractivity contribution in [2.24, 2.45) is 23.2 Å². The van der Waals surface area contributed by atoms with Gasteiger partial charge in [0.25, 0.3) is 0 Å². The molecule has 0 aliphatic heterocycles. The van der Waals surface area contributed by atoms with Crippen molar-refractivity contribution in [2.45, 2.75) is 43.6 Å². The van der Waals surface area contributed by atoms with E-state index < -0.39 is 11.2 Å². The van der Waals surface area contributed by atoms with Gasteiger partial charge in [0.1, 0.15) is 13.2 Å². The van der Waals surface area contributed by atoms with Crippen molar-refractivity contribution in [1.82, 2.24) is 0 Å². The number of halogens is 2. The largest absolute Gasteiger partial charge is 0.508 e. The van der Waals surface area contributed by atoms with Gasteiger partial charge in [-0.2, -0.15) is 0 Å². The molecule has 0 aromatic rings. The fourth-order valence-electron chi connectivity index (χ4n) is 4.85. The van der Waals surface area contributed by atoms with Gasteiger partial charge in [-0.25, -0.2) is 9.18 Å². The van der Waals surface area contributed by atoms with E-state index in [0.717, 1.165) is 17.8 Å². The fraction of sp³-hybridized carbons (Fsp3) is 0.929. The van der Waals surface area contributed by atoms with Crippen molar-refractivity contribution in [3.05, 3.63) is 0 Å². The van der Waals surface area contributed by atoms with Crippen LogP contribution in [-0.4, -0.2) is 24.5 Å². The molecule has 1 atom stereocenters. The summed E-state index contributed by atoms with van der Waals surface area (Å²) in [5.74, 6) is 2.51. The van der Waals surface area contributed by atoms with Gasteiger partial charge in [-0.3, -0.25) is 0 Å². The Morgan fingerprint density at radius 3 is 2.16 bits per heavy atom. The zero-order valence-corrected chi connectivity index (χ0v) is 12.5. The third kappa shape index (κ3) is 3.06. The first-order valence-electron chi connectivity index (χ1n) is 7.12. The molecule has 4 aliphatic rings. The van der Waals surface area contributed by atoms with Crippen LogP contribution >= 0.6 is 15.9 Å². The normalized spacial score (nSPS) is 41.1. The smallest absolute Gasteiger partial charge is 0.434 e. The topological polar surface area (TPSA) is 35.5 Å². The van der Waals surface area contributed by atoms with E-state index >= 15 is 0 Å². The van der Waals surface area contributed by atoms with Crippen LogP contribution in [0.3, 0.4) is 0 Å². The molecule has 19 heavy (non-hydrogen) atoms. The molecule has 0 spiro atoms. The lowest BCUT2D eigenvalue weighted by molar-refractivity contribution is -0.0902. The second kappa shape index (κ2) is 5.23. The van der Waals surface area contributed by atoms with E-state index in [-0.39, 0.29) is 12.0 Å². The van der Waals surface area contributed by atoms with Gasteiger partial charge < -0.3 is 9.47 Å². The molecule has 4 bridgehead atoms. The molecular formula is C14H20BrFO3. The zero-order chi connectivity index (χ0) is 13.5. The summed E-state index contributed by atoms with van der Waals surface area (Å²) in [6.07, 6.45) is 6.95. The second-order valence-electron chi connectivity index (χ2n) is 6.66. The minimum atomic E-state index is -1.32. The average Bonchev–Trinajstić information content (AvgIpc) is 2.32. The monoisotopic (exact) mass is 334 g/mol.